The highest BCUT2D eigenvalue weighted by atomic mass is 32.2. The molecule has 0 aliphatic heterocycles. The van der Waals surface area contributed by atoms with Crippen molar-refractivity contribution in [3.05, 3.63) is 23.4 Å². The quantitative estimate of drug-likeness (QED) is 0.797. The van der Waals surface area contributed by atoms with E-state index >= 15 is 0 Å². The van der Waals surface area contributed by atoms with E-state index in [4.69, 9.17) is 5.73 Å². The van der Waals surface area contributed by atoms with Gasteiger partial charge in [-0.25, -0.2) is 4.98 Å². The van der Waals surface area contributed by atoms with Crippen molar-refractivity contribution in [1.82, 2.24) is 10.3 Å². The Balaban J connectivity index is 2.02. The number of pyridine rings is 1. The van der Waals surface area contributed by atoms with Gasteiger partial charge in [0.15, 0.2) is 0 Å². The van der Waals surface area contributed by atoms with E-state index in [1.54, 1.807) is 6.20 Å². The Morgan fingerprint density at radius 2 is 2.14 bits per heavy atom. The minimum atomic E-state index is 0.325. The van der Waals surface area contributed by atoms with Crippen LogP contribution in [0, 0.1) is 6.92 Å². The Labute approximate surface area is 133 Å². The van der Waals surface area contributed by atoms with Crippen molar-refractivity contribution in [3.63, 3.8) is 0 Å². The average Bonchev–Trinajstić information content (AvgIpc) is 2.50. The number of anilines is 1. The molecule has 0 amide bonds. The Bertz CT molecular complexity index is 410. The zero-order chi connectivity index (χ0) is 15.1. The second-order valence-corrected chi connectivity index (χ2v) is 7.36. The first-order valence-corrected chi connectivity index (χ1v) is 9.33. The van der Waals surface area contributed by atoms with Crippen LogP contribution in [0.5, 0.6) is 0 Å². The molecule has 118 valence electrons. The largest absolute Gasteiger partial charge is 0.383 e. The smallest absolute Gasteiger partial charge is 0.128 e. The summed E-state index contributed by atoms with van der Waals surface area (Å²) in [6.45, 7) is 5.38. The van der Waals surface area contributed by atoms with E-state index in [1.807, 2.05) is 0 Å². The van der Waals surface area contributed by atoms with E-state index in [9.17, 15) is 0 Å². The molecule has 1 heterocycles. The van der Waals surface area contributed by atoms with Gasteiger partial charge in [0.1, 0.15) is 5.82 Å². The summed E-state index contributed by atoms with van der Waals surface area (Å²) < 4.78 is 0. The van der Waals surface area contributed by atoms with Crippen molar-refractivity contribution in [1.29, 1.82) is 0 Å². The number of hydrogen-bond acceptors (Lipinski definition) is 4. The van der Waals surface area contributed by atoms with E-state index in [0.717, 1.165) is 24.0 Å². The predicted octanol–water partition coefficient (Wildman–Crippen LogP) is 4.08. The van der Waals surface area contributed by atoms with Crippen LogP contribution in [0.1, 0.15) is 62.6 Å². The van der Waals surface area contributed by atoms with Crippen LogP contribution in [0.4, 0.5) is 5.82 Å². The molecule has 0 aromatic carbocycles. The van der Waals surface area contributed by atoms with Gasteiger partial charge in [-0.3, -0.25) is 0 Å². The van der Waals surface area contributed by atoms with Crippen LogP contribution < -0.4 is 11.1 Å². The number of hydrogen-bond donors (Lipinski definition) is 2. The molecule has 1 aromatic rings. The number of nitrogen functional groups attached to an aromatic ring is 1. The van der Waals surface area contributed by atoms with Gasteiger partial charge >= 0.3 is 0 Å². The lowest BCUT2D eigenvalue weighted by Crippen LogP contribution is -2.27. The second-order valence-electron chi connectivity index (χ2n) is 6.03. The number of nitrogens with two attached hydrogens (primary N) is 1. The number of aromatic nitrogens is 1. The highest BCUT2D eigenvalue weighted by Crippen LogP contribution is 2.32. The Morgan fingerprint density at radius 1 is 1.38 bits per heavy atom. The summed E-state index contributed by atoms with van der Waals surface area (Å²) in [5, 5.41) is 4.50. The molecule has 1 unspecified atom stereocenters. The molecule has 1 saturated carbocycles. The Kier molecular flexibility index (Phi) is 6.84. The van der Waals surface area contributed by atoms with Crippen LogP contribution in [0.2, 0.25) is 0 Å². The molecule has 0 bridgehead atoms. The summed E-state index contributed by atoms with van der Waals surface area (Å²) in [7, 11) is 0. The molecule has 0 saturated heterocycles. The maximum atomic E-state index is 6.14. The molecular weight excluding hydrogens is 278 g/mol. The zero-order valence-corrected chi connectivity index (χ0v) is 14.2. The fourth-order valence-corrected chi connectivity index (χ4v) is 4.49. The monoisotopic (exact) mass is 307 g/mol. The van der Waals surface area contributed by atoms with Crippen LogP contribution in [-0.2, 0) is 0 Å². The molecular formula is C17H29N3S. The lowest BCUT2D eigenvalue weighted by molar-refractivity contribution is 0.513. The first-order chi connectivity index (χ1) is 10.2. The van der Waals surface area contributed by atoms with Crippen LogP contribution in [0.3, 0.4) is 0 Å². The van der Waals surface area contributed by atoms with Crippen LogP contribution >= 0.6 is 11.8 Å². The van der Waals surface area contributed by atoms with Crippen LogP contribution in [-0.4, -0.2) is 22.5 Å². The third kappa shape index (κ3) is 4.89. The third-order valence-corrected chi connectivity index (χ3v) is 5.75. The van der Waals surface area contributed by atoms with Gasteiger partial charge in [0.25, 0.3) is 0 Å². The highest BCUT2D eigenvalue weighted by molar-refractivity contribution is 7.99. The standard InChI is InChI=1S/C17H29N3S/c1-3-10-19-15(12-21-14-7-5-4-6-8-14)16-13(2)9-11-20-17(16)18/h9,11,14-15,19H,3-8,10,12H2,1-2H3,(H2,18,20). The molecule has 2 rings (SSSR count). The van der Waals surface area contributed by atoms with Gasteiger partial charge < -0.3 is 11.1 Å². The first kappa shape index (κ1) is 16.6. The van der Waals surface area contributed by atoms with Gasteiger partial charge in [-0.1, -0.05) is 26.2 Å². The lowest BCUT2D eigenvalue weighted by Gasteiger charge is -2.26. The summed E-state index contributed by atoms with van der Waals surface area (Å²) in [6.07, 6.45) is 9.93. The maximum absolute atomic E-state index is 6.14. The van der Waals surface area contributed by atoms with Crippen molar-refractivity contribution < 1.29 is 0 Å². The summed E-state index contributed by atoms with van der Waals surface area (Å²) in [5.41, 5.74) is 8.60. The Hall–Kier alpha value is -0.740. The SMILES string of the molecule is CCCNC(CSC1CCCCC1)c1c(C)ccnc1N. The normalized spacial score (nSPS) is 17.8. The van der Waals surface area contributed by atoms with Crippen molar-refractivity contribution in [3.8, 4) is 0 Å². The molecule has 0 spiro atoms. The molecule has 1 aliphatic carbocycles. The number of rotatable bonds is 7. The minimum Gasteiger partial charge on any atom is -0.383 e. The molecule has 1 aromatic heterocycles. The summed E-state index contributed by atoms with van der Waals surface area (Å²) in [4.78, 5) is 4.29. The predicted molar refractivity (Wildman–Crippen MR) is 93.8 cm³/mol. The summed E-state index contributed by atoms with van der Waals surface area (Å²) in [5.74, 6) is 1.79. The molecule has 3 nitrogen and oxygen atoms in total. The molecule has 4 heteroatoms. The second kappa shape index (κ2) is 8.64. The topological polar surface area (TPSA) is 50.9 Å². The van der Waals surface area contributed by atoms with Crippen molar-refractivity contribution in [2.45, 2.75) is 63.7 Å². The summed E-state index contributed by atoms with van der Waals surface area (Å²) in [6, 6.07) is 2.39. The number of nitrogens with zero attached hydrogens (tertiary/aromatic N) is 1. The molecule has 1 atom stereocenters. The van der Waals surface area contributed by atoms with E-state index in [0.29, 0.717) is 11.9 Å². The molecule has 1 aliphatic rings. The molecule has 1 fully saturated rings. The molecule has 3 N–H and O–H groups in total. The van der Waals surface area contributed by atoms with Gasteiger partial charge in [0.2, 0.25) is 0 Å². The fraction of sp³-hybridized carbons (Fsp3) is 0.706. The number of aryl methyl sites for hydroxylation is 1. The van der Waals surface area contributed by atoms with Crippen LogP contribution in [0.15, 0.2) is 12.3 Å². The third-order valence-electron chi connectivity index (χ3n) is 4.28. The first-order valence-electron chi connectivity index (χ1n) is 8.28. The average molecular weight is 308 g/mol. The highest BCUT2D eigenvalue weighted by Gasteiger charge is 2.20. The number of thioether (sulfide) groups is 1. The zero-order valence-electron chi connectivity index (χ0n) is 13.4. The summed E-state index contributed by atoms with van der Waals surface area (Å²) >= 11 is 2.12. The van der Waals surface area contributed by atoms with E-state index < -0.39 is 0 Å². The van der Waals surface area contributed by atoms with Gasteiger partial charge in [0.05, 0.1) is 0 Å². The van der Waals surface area contributed by atoms with E-state index in [2.05, 4.69) is 42.0 Å². The lowest BCUT2D eigenvalue weighted by atomic mass is 10.0. The van der Waals surface area contributed by atoms with Crippen molar-refractivity contribution in [2.75, 3.05) is 18.0 Å². The molecule has 0 radical (unpaired) electrons. The minimum absolute atomic E-state index is 0.325. The van der Waals surface area contributed by atoms with Crippen molar-refractivity contribution in [2.24, 2.45) is 0 Å². The van der Waals surface area contributed by atoms with E-state index in [-0.39, 0.29) is 0 Å². The van der Waals surface area contributed by atoms with E-state index in [1.165, 1.54) is 43.2 Å². The van der Waals surface area contributed by atoms with Gasteiger partial charge in [0, 0.05) is 28.8 Å². The van der Waals surface area contributed by atoms with Crippen molar-refractivity contribution >= 4 is 17.6 Å². The van der Waals surface area contributed by atoms with Gasteiger partial charge in [-0.05, 0) is 44.4 Å². The maximum Gasteiger partial charge on any atom is 0.128 e. The number of nitrogens with one attached hydrogen (secondary N) is 1. The Morgan fingerprint density at radius 3 is 2.81 bits per heavy atom. The van der Waals surface area contributed by atoms with Gasteiger partial charge in [-0.15, -0.1) is 0 Å². The molecule has 21 heavy (non-hydrogen) atoms. The van der Waals surface area contributed by atoms with Gasteiger partial charge in [-0.2, -0.15) is 11.8 Å². The van der Waals surface area contributed by atoms with Crippen LogP contribution in [0.25, 0.3) is 0 Å². The fourth-order valence-electron chi connectivity index (χ4n) is 3.07.